The van der Waals surface area contributed by atoms with Crippen molar-refractivity contribution in [2.45, 2.75) is 22.8 Å². The molecular weight excluding hydrogens is 345 g/mol. The Labute approximate surface area is 147 Å². The first-order valence-electron chi connectivity index (χ1n) is 7.66. The summed E-state index contributed by atoms with van der Waals surface area (Å²) >= 11 is 1.50. The van der Waals surface area contributed by atoms with Crippen LogP contribution >= 0.6 is 11.8 Å². The van der Waals surface area contributed by atoms with Gasteiger partial charge in [-0.05, 0) is 43.8 Å². The van der Waals surface area contributed by atoms with E-state index in [4.69, 9.17) is 0 Å². The lowest BCUT2D eigenvalue weighted by atomic mass is 10.1. The van der Waals surface area contributed by atoms with Crippen molar-refractivity contribution in [3.8, 4) is 0 Å². The summed E-state index contributed by atoms with van der Waals surface area (Å²) in [7, 11) is -1.16. The molecule has 0 fully saturated rings. The maximum absolute atomic E-state index is 13.6. The van der Waals surface area contributed by atoms with Gasteiger partial charge in [0.25, 0.3) is 0 Å². The zero-order valence-corrected chi connectivity index (χ0v) is 15.7. The highest BCUT2D eigenvalue weighted by Gasteiger charge is 2.13. The predicted octanol–water partition coefficient (Wildman–Crippen LogP) is 4.01. The van der Waals surface area contributed by atoms with Gasteiger partial charge in [0.2, 0.25) is 0 Å². The molecule has 3 nitrogen and oxygen atoms in total. The van der Waals surface area contributed by atoms with Gasteiger partial charge in [-0.2, -0.15) is 0 Å². The molecule has 0 bridgehead atoms. The molecule has 0 radical (unpaired) electrons. The summed E-state index contributed by atoms with van der Waals surface area (Å²) in [5.74, 6) is 0.595. The second kappa shape index (κ2) is 8.14. The summed E-state index contributed by atoms with van der Waals surface area (Å²) in [6.07, 6.45) is 1.21. The minimum atomic E-state index is -3.17. The van der Waals surface area contributed by atoms with E-state index in [9.17, 15) is 12.8 Å². The van der Waals surface area contributed by atoms with Gasteiger partial charge in [-0.3, -0.25) is 4.90 Å². The molecule has 2 rings (SSSR count). The van der Waals surface area contributed by atoms with Crippen LogP contribution in [0.5, 0.6) is 0 Å². The largest absolute Gasteiger partial charge is 0.299 e. The maximum Gasteiger partial charge on any atom is 0.175 e. The molecule has 0 aliphatic carbocycles. The number of nitrogens with zero attached hydrogens (tertiary/aromatic N) is 1. The first kappa shape index (κ1) is 19.0. The van der Waals surface area contributed by atoms with Crippen LogP contribution in [0, 0.1) is 5.82 Å². The molecule has 6 heteroatoms. The normalized spacial score (nSPS) is 13.2. The molecule has 0 N–H and O–H groups in total. The van der Waals surface area contributed by atoms with Crippen molar-refractivity contribution in [2.24, 2.45) is 0 Å². The van der Waals surface area contributed by atoms with Gasteiger partial charge < -0.3 is 0 Å². The molecule has 0 saturated carbocycles. The summed E-state index contributed by atoms with van der Waals surface area (Å²) in [6, 6.07) is 13.9. The smallest absolute Gasteiger partial charge is 0.175 e. The lowest BCUT2D eigenvalue weighted by Gasteiger charge is -2.25. The number of sulfone groups is 1. The molecule has 0 aliphatic heterocycles. The van der Waals surface area contributed by atoms with Crippen LogP contribution in [0.1, 0.15) is 18.5 Å². The molecule has 0 amide bonds. The molecule has 0 aliphatic rings. The van der Waals surface area contributed by atoms with E-state index in [0.717, 1.165) is 17.9 Å². The zero-order valence-electron chi connectivity index (χ0n) is 14.1. The summed E-state index contributed by atoms with van der Waals surface area (Å²) in [4.78, 5) is 3.16. The standard InChI is InChI=1S/C18H22FNO2S2/c1-14(15-8-10-16(11-9-15)24(3,21)22)20(2)12-13-23-18-7-5-4-6-17(18)19/h4-11,14H,12-13H2,1-3H3. The Balaban J connectivity index is 1.92. The fourth-order valence-corrected chi connectivity index (χ4v) is 3.91. The average molecular weight is 368 g/mol. The molecule has 0 spiro atoms. The van der Waals surface area contributed by atoms with E-state index in [-0.39, 0.29) is 11.9 Å². The monoisotopic (exact) mass is 367 g/mol. The highest BCUT2D eigenvalue weighted by molar-refractivity contribution is 7.99. The Morgan fingerprint density at radius 2 is 1.75 bits per heavy atom. The SMILES string of the molecule is CC(c1ccc(S(C)(=O)=O)cc1)N(C)CCSc1ccccc1F. The maximum atomic E-state index is 13.6. The van der Waals surface area contributed by atoms with E-state index < -0.39 is 9.84 Å². The average Bonchev–Trinajstić information content (AvgIpc) is 2.55. The first-order valence-corrected chi connectivity index (χ1v) is 10.5. The van der Waals surface area contributed by atoms with E-state index in [2.05, 4.69) is 11.8 Å². The second-order valence-electron chi connectivity index (χ2n) is 5.78. The molecule has 2 aromatic carbocycles. The third kappa shape index (κ3) is 5.06. The lowest BCUT2D eigenvalue weighted by molar-refractivity contribution is 0.278. The third-order valence-corrected chi connectivity index (χ3v) is 6.15. The van der Waals surface area contributed by atoms with Crippen LogP contribution in [0.25, 0.3) is 0 Å². The van der Waals surface area contributed by atoms with Gasteiger partial charge in [0.05, 0.1) is 4.90 Å². The molecule has 0 heterocycles. The van der Waals surface area contributed by atoms with E-state index in [0.29, 0.717) is 9.79 Å². The fraction of sp³-hybridized carbons (Fsp3) is 0.333. The molecule has 2 aromatic rings. The van der Waals surface area contributed by atoms with Crippen molar-refractivity contribution in [3.05, 3.63) is 59.9 Å². The highest BCUT2D eigenvalue weighted by atomic mass is 32.2. The molecule has 1 unspecified atom stereocenters. The molecule has 1 atom stereocenters. The summed E-state index contributed by atoms with van der Waals surface area (Å²) in [6.45, 7) is 2.87. The number of thioether (sulfide) groups is 1. The number of halogens is 1. The van der Waals surface area contributed by atoms with Gasteiger partial charge in [-0.15, -0.1) is 11.8 Å². The van der Waals surface area contributed by atoms with Crippen molar-refractivity contribution in [1.82, 2.24) is 4.90 Å². The van der Waals surface area contributed by atoms with E-state index in [1.54, 1.807) is 24.3 Å². The Kier molecular flexibility index (Phi) is 6.43. The van der Waals surface area contributed by atoms with Gasteiger partial charge >= 0.3 is 0 Å². The van der Waals surface area contributed by atoms with Crippen LogP contribution in [-0.4, -0.2) is 38.9 Å². The first-order chi connectivity index (χ1) is 11.3. The van der Waals surface area contributed by atoms with Crippen molar-refractivity contribution in [3.63, 3.8) is 0 Å². The summed E-state index contributed by atoms with van der Waals surface area (Å²) in [5, 5.41) is 0. The van der Waals surface area contributed by atoms with E-state index in [1.165, 1.54) is 24.1 Å². The number of hydrogen-bond acceptors (Lipinski definition) is 4. The van der Waals surface area contributed by atoms with Gasteiger partial charge in [-0.25, -0.2) is 12.8 Å². The van der Waals surface area contributed by atoms with Crippen LogP contribution in [0.4, 0.5) is 4.39 Å². The summed E-state index contributed by atoms with van der Waals surface area (Å²) in [5.41, 5.74) is 1.06. The van der Waals surface area contributed by atoms with Crippen molar-refractivity contribution in [1.29, 1.82) is 0 Å². The molecular formula is C18H22FNO2S2. The summed E-state index contributed by atoms with van der Waals surface area (Å²) < 4.78 is 36.6. The topological polar surface area (TPSA) is 37.4 Å². The molecule has 130 valence electrons. The predicted molar refractivity (Wildman–Crippen MR) is 97.7 cm³/mol. The fourth-order valence-electron chi connectivity index (χ4n) is 2.30. The minimum absolute atomic E-state index is 0.153. The minimum Gasteiger partial charge on any atom is -0.299 e. The molecule has 24 heavy (non-hydrogen) atoms. The van der Waals surface area contributed by atoms with Gasteiger partial charge in [0.1, 0.15) is 5.82 Å². The van der Waals surface area contributed by atoms with Crippen molar-refractivity contribution >= 4 is 21.6 Å². The Bertz CT molecular complexity index is 776. The number of benzene rings is 2. The third-order valence-electron chi connectivity index (χ3n) is 3.99. The van der Waals surface area contributed by atoms with Crippen LogP contribution < -0.4 is 0 Å². The molecule has 0 aromatic heterocycles. The zero-order chi connectivity index (χ0) is 17.7. The van der Waals surface area contributed by atoms with Crippen LogP contribution in [-0.2, 0) is 9.84 Å². The highest BCUT2D eigenvalue weighted by Crippen LogP contribution is 2.24. The van der Waals surface area contributed by atoms with Crippen LogP contribution in [0.3, 0.4) is 0 Å². The van der Waals surface area contributed by atoms with E-state index in [1.807, 2.05) is 25.2 Å². The van der Waals surface area contributed by atoms with Crippen molar-refractivity contribution < 1.29 is 12.8 Å². The van der Waals surface area contributed by atoms with E-state index >= 15 is 0 Å². The van der Waals surface area contributed by atoms with Crippen LogP contribution in [0.2, 0.25) is 0 Å². The Hall–Kier alpha value is -1.37. The van der Waals surface area contributed by atoms with Crippen LogP contribution in [0.15, 0.2) is 58.3 Å². The molecule has 0 saturated heterocycles. The number of rotatable bonds is 7. The second-order valence-corrected chi connectivity index (χ2v) is 8.93. The quantitative estimate of drug-likeness (QED) is 0.693. The van der Waals surface area contributed by atoms with Gasteiger partial charge in [0.15, 0.2) is 9.84 Å². The number of hydrogen-bond donors (Lipinski definition) is 0. The van der Waals surface area contributed by atoms with Crippen molar-refractivity contribution in [2.75, 3.05) is 25.6 Å². The Morgan fingerprint density at radius 1 is 1.12 bits per heavy atom. The Morgan fingerprint density at radius 3 is 2.33 bits per heavy atom. The lowest BCUT2D eigenvalue weighted by Crippen LogP contribution is -2.25. The van der Waals surface area contributed by atoms with Gasteiger partial charge in [0, 0.05) is 29.5 Å². The van der Waals surface area contributed by atoms with Gasteiger partial charge in [-0.1, -0.05) is 24.3 Å².